The van der Waals surface area contributed by atoms with Crippen molar-refractivity contribution in [3.05, 3.63) is 45.6 Å². The monoisotopic (exact) mass is 253 g/mol. The summed E-state index contributed by atoms with van der Waals surface area (Å²) in [6.07, 6.45) is 0. The topological polar surface area (TPSA) is 21.3 Å². The van der Waals surface area contributed by atoms with Gasteiger partial charge in [-0.3, -0.25) is 0 Å². The summed E-state index contributed by atoms with van der Waals surface area (Å²) in [5.41, 5.74) is 2.27. The smallest absolute Gasteiger partial charge is 0.137 e. The van der Waals surface area contributed by atoms with Crippen molar-refractivity contribution in [2.45, 2.75) is 6.54 Å². The fraction of sp³-hybridized carbons (Fsp3) is 0.167. The second-order valence-electron chi connectivity index (χ2n) is 3.33. The van der Waals surface area contributed by atoms with Gasteiger partial charge in [-0.1, -0.05) is 17.7 Å². The molecule has 2 rings (SSSR count). The molecular weight excluding hydrogens is 242 g/mol. The Bertz CT molecular complexity index is 456. The van der Waals surface area contributed by atoms with Crippen LogP contribution in [0.25, 0.3) is 0 Å². The Morgan fingerprint density at radius 3 is 2.88 bits per heavy atom. The SMILES string of the molecule is COc1ccc(CNc2ccsc2)cc1Cl. The van der Waals surface area contributed by atoms with Gasteiger partial charge >= 0.3 is 0 Å². The van der Waals surface area contributed by atoms with Gasteiger partial charge in [-0.2, -0.15) is 11.3 Å². The number of hydrogen-bond acceptors (Lipinski definition) is 3. The summed E-state index contributed by atoms with van der Waals surface area (Å²) in [7, 11) is 1.62. The second-order valence-corrected chi connectivity index (χ2v) is 4.52. The first-order chi connectivity index (χ1) is 7.79. The largest absolute Gasteiger partial charge is 0.495 e. The molecule has 0 fully saturated rings. The van der Waals surface area contributed by atoms with Gasteiger partial charge in [-0.05, 0) is 29.1 Å². The minimum absolute atomic E-state index is 0.645. The van der Waals surface area contributed by atoms with E-state index in [-0.39, 0.29) is 0 Å². The van der Waals surface area contributed by atoms with Gasteiger partial charge in [-0.25, -0.2) is 0 Å². The minimum Gasteiger partial charge on any atom is -0.495 e. The first-order valence-electron chi connectivity index (χ1n) is 4.88. The Kier molecular flexibility index (Phi) is 3.70. The van der Waals surface area contributed by atoms with E-state index in [1.807, 2.05) is 23.6 Å². The predicted molar refractivity (Wildman–Crippen MR) is 69.6 cm³/mol. The second kappa shape index (κ2) is 5.23. The Hall–Kier alpha value is -1.19. The van der Waals surface area contributed by atoms with E-state index in [1.54, 1.807) is 18.4 Å². The number of rotatable bonds is 4. The number of thiophene rings is 1. The molecule has 2 nitrogen and oxygen atoms in total. The summed E-state index contributed by atoms with van der Waals surface area (Å²) in [5.74, 6) is 0.709. The summed E-state index contributed by atoms with van der Waals surface area (Å²) >= 11 is 7.71. The zero-order chi connectivity index (χ0) is 11.4. The summed E-state index contributed by atoms with van der Waals surface area (Å²) in [6.45, 7) is 0.764. The molecule has 16 heavy (non-hydrogen) atoms. The average Bonchev–Trinajstić information content (AvgIpc) is 2.79. The van der Waals surface area contributed by atoms with Gasteiger partial charge in [0, 0.05) is 17.6 Å². The molecule has 4 heteroatoms. The van der Waals surface area contributed by atoms with Crippen molar-refractivity contribution < 1.29 is 4.74 Å². The molecule has 0 saturated heterocycles. The van der Waals surface area contributed by atoms with Crippen LogP contribution in [-0.4, -0.2) is 7.11 Å². The van der Waals surface area contributed by atoms with Crippen LogP contribution in [0, 0.1) is 0 Å². The maximum Gasteiger partial charge on any atom is 0.137 e. The highest BCUT2D eigenvalue weighted by Crippen LogP contribution is 2.25. The van der Waals surface area contributed by atoms with Crippen LogP contribution in [0.5, 0.6) is 5.75 Å². The van der Waals surface area contributed by atoms with E-state index < -0.39 is 0 Å². The molecule has 1 heterocycles. The fourth-order valence-corrected chi connectivity index (χ4v) is 2.28. The summed E-state index contributed by atoms with van der Waals surface area (Å²) in [5, 5.41) is 8.08. The lowest BCUT2D eigenvalue weighted by molar-refractivity contribution is 0.415. The molecule has 1 aromatic heterocycles. The van der Waals surface area contributed by atoms with E-state index in [0.717, 1.165) is 17.8 Å². The van der Waals surface area contributed by atoms with Gasteiger partial charge in [-0.15, -0.1) is 0 Å². The van der Waals surface area contributed by atoms with Crippen molar-refractivity contribution in [3.8, 4) is 5.75 Å². The molecule has 0 saturated carbocycles. The molecule has 1 N–H and O–H groups in total. The molecule has 0 bridgehead atoms. The molecule has 1 aromatic carbocycles. The lowest BCUT2D eigenvalue weighted by atomic mass is 10.2. The Morgan fingerprint density at radius 1 is 1.38 bits per heavy atom. The molecule has 0 atom stereocenters. The van der Waals surface area contributed by atoms with Gasteiger partial charge in [0.25, 0.3) is 0 Å². The first-order valence-corrected chi connectivity index (χ1v) is 6.20. The van der Waals surface area contributed by atoms with Gasteiger partial charge in [0.1, 0.15) is 5.75 Å². The van der Waals surface area contributed by atoms with Crippen LogP contribution >= 0.6 is 22.9 Å². The van der Waals surface area contributed by atoms with Gasteiger partial charge in [0.2, 0.25) is 0 Å². The third-order valence-electron chi connectivity index (χ3n) is 2.23. The Morgan fingerprint density at radius 2 is 2.25 bits per heavy atom. The molecule has 0 aliphatic heterocycles. The highest BCUT2D eigenvalue weighted by atomic mass is 35.5. The Labute approximate surface area is 104 Å². The predicted octanol–water partition coefficient (Wildman–Crippen LogP) is 4.02. The third-order valence-corrected chi connectivity index (χ3v) is 3.21. The lowest BCUT2D eigenvalue weighted by Crippen LogP contribution is -1.98. The lowest BCUT2D eigenvalue weighted by Gasteiger charge is -2.07. The minimum atomic E-state index is 0.645. The van der Waals surface area contributed by atoms with Crippen molar-refractivity contribution >= 4 is 28.6 Å². The summed E-state index contributed by atoms with van der Waals surface area (Å²) < 4.78 is 5.10. The quantitative estimate of drug-likeness (QED) is 0.889. The van der Waals surface area contributed by atoms with Crippen LogP contribution in [0.2, 0.25) is 5.02 Å². The average molecular weight is 254 g/mol. The first kappa shape index (κ1) is 11.3. The molecule has 0 aliphatic carbocycles. The number of ether oxygens (including phenoxy) is 1. The van der Waals surface area contributed by atoms with E-state index in [9.17, 15) is 0 Å². The summed E-state index contributed by atoms with van der Waals surface area (Å²) in [4.78, 5) is 0. The van der Waals surface area contributed by atoms with Crippen molar-refractivity contribution in [2.75, 3.05) is 12.4 Å². The number of anilines is 1. The molecule has 0 amide bonds. The van der Waals surface area contributed by atoms with Crippen molar-refractivity contribution in [2.24, 2.45) is 0 Å². The normalized spacial score (nSPS) is 10.1. The zero-order valence-electron chi connectivity index (χ0n) is 8.87. The maximum absolute atomic E-state index is 6.04. The van der Waals surface area contributed by atoms with Gasteiger partial charge in [0.15, 0.2) is 0 Å². The van der Waals surface area contributed by atoms with Crippen LogP contribution in [0.15, 0.2) is 35.0 Å². The van der Waals surface area contributed by atoms with Crippen LogP contribution < -0.4 is 10.1 Å². The van der Waals surface area contributed by atoms with Crippen LogP contribution in [0.3, 0.4) is 0 Å². The van der Waals surface area contributed by atoms with Crippen LogP contribution in [0.4, 0.5) is 5.69 Å². The number of benzene rings is 1. The molecule has 0 unspecified atom stereocenters. The summed E-state index contributed by atoms with van der Waals surface area (Å²) in [6, 6.07) is 7.85. The Balaban J connectivity index is 2.02. The molecular formula is C12H12ClNOS. The van der Waals surface area contributed by atoms with E-state index in [2.05, 4.69) is 16.8 Å². The van der Waals surface area contributed by atoms with Crippen LogP contribution in [-0.2, 0) is 6.54 Å². The maximum atomic E-state index is 6.04. The third kappa shape index (κ3) is 2.68. The molecule has 0 spiro atoms. The molecule has 2 aromatic rings. The highest BCUT2D eigenvalue weighted by Gasteiger charge is 2.01. The van der Waals surface area contributed by atoms with Crippen molar-refractivity contribution in [1.29, 1.82) is 0 Å². The number of halogens is 1. The van der Waals surface area contributed by atoms with Crippen molar-refractivity contribution in [3.63, 3.8) is 0 Å². The van der Waals surface area contributed by atoms with E-state index in [4.69, 9.17) is 16.3 Å². The number of nitrogens with one attached hydrogen (secondary N) is 1. The van der Waals surface area contributed by atoms with Gasteiger partial charge < -0.3 is 10.1 Å². The highest BCUT2D eigenvalue weighted by molar-refractivity contribution is 7.08. The van der Waals surface area contributed by atoms with E-state index in [0.29, 0.717) is 10.8 Å². The van der Waals surface area contributed by atoms with Crippen molar-refractivity contribution in [1.82, 2.24) is 0 Å². The zero-order valence-corrected chi connectivity index (χ0v) is 10.4. The fourth-order valence-electron chi connectivity index (χ4n) is 1.39. The molecule has 0 aliphatic rings. The number of methoxy groups -OCH3 is 1. The van der Waals surface area contributed by atoms with E-state index in [1.165, 1.54) is 0 Å². The molecule has 0 radical (unpaired) electrons. The number of hydrogen-bond donors (Lipinski definition) is 1. The standard InChI is InChI=1S/C12H12ClNOS/c1-15-12-3-2-9(6-11(12)13)7-14-10-4-5-16-8-10/h2-6,8,14H,7H2,1H3. The van der Waals surface area contributed by atoms with Crippen LogP contribution in [0.1, 0.15) is 5.56 Å². The molecule has 84 valence electrons. The van der Waals surface area contributed by atoms with Gasteiger partial charge in [0.05, 0.1) is 12.1 Å². The van der Waals surface area contributed by atoms with E-state index >= 15 is 0 Å².